The van der Waals surface area contributed by atoms with Gasteiger partial charge in [-0.3, -0.25) is 9.69 Å². The molecule has 27 heavy (non-hydrogen) atoms. The molecule has 0 saturated carbocycles. The second-order valence-electron chi connectivity index (χ2n) is 6.13. The van der Waals surface area contributed by atoms with E-state index in [2.05, 4.69) is 30.9 Å². The molecular formula is C22H27NO4. The molecule has 0 saturated heterocycles. The SMILES string of the molecule is CCN(CC)Cc1cccc(/C=C/C(=O)c2cc(OC)c(OC)cc2O)c1. The summed E-state index contributed by atoms with van der Waals surface area (Å²) in [7, 11) is 2.96. The Labute approximate surface area is 160 Å². The smallest absolute Gasteiger partial charge is 0.189 e. The lowest BCUT2D eigenvalue weighted by atomic mass is 10.1. The quantitative estimate of drug-likeness (QED) is 0.532. The van der Waals surface area contributed by atoms with Gasteiger partial charge in [0.2, 0.25) is 0 Å². The second kappa shape index (κ2) is 9.78. The summed E-state index contributed by atoms with van der Waals surface area (Å²) in [5.41, 5.74) is 2.30. The maximum Gasteiger partial charge on any atom is 0.189 e. The Balaban J connectivity index is 2.20. The lowest BCUT2D eigenvalue weighted by Gasteiger charge is -2.18. The maximum absolute atomic E-state index is 12.5. The number of ketones is 1. The van der Waals surface area contributed by atoms with Gasteiger partial charge in [0.25, 0.3) is 0 Å². The van der Waals surface area contributed by atoms with Crippen molar-refractivity contribution >= 4 is 11.9 Å². The summed E-state index contributed by atoms with van der Waals surface area (Å²) in [4.78, 5) is 14.8. The summed E-state index contributed by atoms with van der Waals surface area (Å²) in [6.07, 6.45) is 3.21. The number of hydrogen-bond acceptors (Lipinski definition) is 5. The van der Waals surface area contributed by atoms with Gasteiger partial charge in [-0.25, -0.2) is 0 Å². The molecule has 5 heteroatoms. The highest BCUT2D eigenvalue weighted by molar-refractivity contribution is 6.09. The van der Waals surface area contributed by atoms with Crippen LogP contribution in [0.5, 0.6) is 17.2 Å². The number of ether oxygens (including phenoxy) is 2. The van der Waals surface area contributed by atoms with E-state index in [0.717, 1.165) is 25.2 Å². The fraction of sp³-hybridized carbons (Fsp3) is 0.318. The monoisotopic (exact) mass is 369 g/mol. The van der Waals surface area contributed by atoms with E-state index in [1.54, 1.807) is 6.08 Å². The van der Waals surface area contributed by atoms with Crippen molar-refractivity contribution in [3.8, 4) is 17.2 Å². The van der Waals surface area contributed by atoms with Gasteiger partial charge in [0.1, 0.15) is 5.75 Å². The molecule has 0 fully saturated rings. The van der Waals surface area contributed by atoms with Crippen molar-refractivity contribution in [2.75, 3.05) is 27.3 Å². The predicted octanol–water partition coefficient (Wildman–Crippen LogP) is 4.15. The van der Waals surface area contributed by atoms with Crippen molar-refractivity contribution in [3.63, 3.8) is 0 Å². The number of allylic oxidation sites excluding steroid dienone is 1. The van der Waals surface area contributed by atoms with Gasteiger partial charge in [-0.15, -0.1) is 0 Å². The Morgan fingerprint density at radius 2 is 1.74 bits per heavy atom. The maximum atomic E-state index is 12.5. The highest BCUT2D eigenvalue weighted by atomic mass is 16.5. The first kappa shape index (κ1) is 20.5. The number of benzene rings is 2. The van der Waals surface area contributed by atoms with Gasteiger partial charge in [-0.1, -0.05) is 44.2 Å². The van der Waals surface area contributed by atoms with Crippen LogP contribution >= 0.6 is 0 Å². The average Bonchev–Trinajstić information content (AvgIpc) is 2.70. The minimum Gasteiger partial charge on any atom is -0.507 e. The van der Waals surface area contributed by atoms with E-state index in [4.69, 9.17) is 9.47 Å². The van der Waals surface area contributed by atoms with Gasteiger partial charge in [-0.2, -0.15) is 0 Å². The molecule has 0 heterocycles. The topological polar surface area (TPSA) is 59.0 Å². The van der Waals surface area contributed by atoms with Gasteiger partial charge < -0.3 is 14.6 Å². The molecule has 0 aromatic heterocycles. The third-order valence-electron chi connectivity index (χ3n) is 4.45. The molecule has 0 radical (unpaired) electrons. The lowest BCUT2D eigenvalue weighted by molar-refractivity contribution is 0.104. The van der Waals surface area contributed by atoms with Gasteiger partial charge >= 0.3 is 0 Å². The number of phenolic OH excluding ortho intramolecular Hbond substituents is 1. The Kier molecular flexibility index (Phi) is 7.44. The summed E-state index contributed by atoms with van der Waals surface area (Å²) < 4.78 is 10.3. The van der Waals surface area contributed by atoms with Crippen molar-refractivity contribution in [2.45, 2.75) is 20.4 Å². The third kappa shape index (κ3) is 5.34. The number of nitrogens with zero attached hydrogens (tertiary/aromatic N) is 1. The van der Waals surface area contributed by atoms with Crippen molar-refractivity contribution in [1.82, 2.24) is 4.90 Å². The highest BCUT2D eigenvalue weighted by Crippen LogP contribution is 2.34. The first-order valence-corrected chi connectivity index (χ1v) is 9.01. The molecule has 2 aromatic rings. The van der Waals surface area contributed by atoms with Crippen LogP contribution in [-0.4, -0.2) is 43.1 Å². The summed E-state index contributed by atoms with van der Waals surface area (Å²) in [6.45, 7) is 7.14. The summed E-state index contributed by atoms with van der Waals surface area (Å²) in [6, 6.07) is 10.9. The van der Waals surface area contributed by atoms with Crippen LogP contribution in [0.25, 0.3) is 6.08 Å². The number of methoxy groups -OCH3 is 2. The third-order valence-corrected chi connectivity index (χ3v) is 4.45. The zero-order valence-corrected chi connectivity index (χ0v) is 16.4. The molecule has 0 aliphatic heterocycles. The van der Waals surface area contributed by atoms with Gasteiger partial charge in [0, 0.05) is 12.6 Å². The molecule has 0 unspecified atom stereocenters. The Morgan fingerprint density at radius 3 is 2.37 bits per heavy atom. The molecule has 1 N–H and O–H groups in total. The fourth-order valence-corrected chi connectivity index (χ4v) is 2.83. The number of aromatic hydroxyl groups is 1. The molecule has 0 atom stereocenters. The number of hydrogen-bond donors (Lipinski definition) is 1. The number of rotatable bonds is 9. The fourth-order valence-electron chi connectivity index (χ4n) is 2.83. The summed E-state index contributed by atoms with van der Waals surface area (Å²) in [5.74, 6) is 0.327. The van der Waals surface area contributed by atoms with E-state index >= 15 is 0 Å². The number of carbonyl (C=O) groups is 1. The molecule has 0 bridgehead atoms. The van der Waals surface area contributed by atoms with Gasteiger partial charge in [0.15, 0.2) is 17.3 Å². The van der Waals surface area contributed by atoms with E-state index in [0.29, 0.717) is 11.5 Å². The molecule has 0 spiro atoms. The zero-order valence-electron chi connectivity index (χ0n) is 16.4. The van der Waals surface area contributed by atoms with Crippen LogP contribution < -0.4 is 9.47 Å². The van der Waals surface area contributed by atoms with Crippen LogP contribution in [0.2, 0.25) is 0 Å². The summed E-state index contributed by atoms with van der Waals surface area (Å²) in [5, 5.41) is 10.1. The van der Waals surface area contributed by atoms with Gasteiger partial charge in [-0.05, 0) is 36.4 Å². The van der Waals surface area contributed by atoms with E-state index in [1.807, 2.05) is 12.1 Å². The highest BCUT2D eigenvalue weighted by Gasteiger charge is 2.14. The zero-order chi connectivity index (χ0) is 19.8. The van der Waals surface area contributed by atoms with Crippen LogP contribution in [0, 0.1) is 0 Å². The Hall–Kier alpha value is -2.79. The minimum atomic E-state index is -0.303. The lowest BCUT2D eigenvalue weighted by Crippen LogP contribution is -2.22. The first-order valence-electron chi connectivity index (χ1n) is 9.01. The first-order chi connectivity index (χ1) is 13.0. The Morgan fingerprint density at radius 1 is 1.07 bits per heavy atom. The molecule has 0 aliphatic carbocycles. The number of phenols is 1. The van der Waals surface area contributed by atoms with Crippen molar-refractivity contribution in [2.24, 2.45) is 0 Å². The van der Waals surface area contributed by atoms with E-state index in [1.165, 1.54) is 38.0 Å². The average molecular weight is 369 g/mol. The standard InChI is InChI=1S/C22H27NO4/c1-5-23(6-2)15-17-9-7-8-16(12-17)10-11-19(24)18-13-21(26-3)22(27-4)14-20(18)25/h7-14,25H,5-6,15H2,1-4H3/b11-10+. The predicted molar refractivity (Wildman–Crippen MR) is 108 cm³/mol. The molecule has 144 valence electrons. The van der Waals surface area contributed by atoms with Crippen molar-refractivity contribution < 1.29 is 19.4 Å². The van der Waals surface area contributed by atoms with Crippen LogP contribution in [0.3, 0.4) is 0 Å². The minimum absolute atomic E-state index is 0.141. The largest absolute Gasteiger partial charge is 0.507 e. The van der Waals surface area contributed by atoms with Crippen LogP contribution in [0.1, 0.15) is 35.3 Å². The van der Waals surface area contributed by atoms with Crippen LogP contribution in [-0.2, 0) is 6.54 Å². The molecule has 0 aliphatic rings. The van der Waals surface area contributed by atoms with E-state index in [9.17, 15) is 9.90 Å². The normalized spacial score (nSPS) is 11.1. The van der Waals surface area contributed by atoms with Crippen LogP contribution in [0.15, 0.2) is 42.5 Å². The molecule has 2 aromatic carbocycles. The van der Waals surface area contributed by atoms with Crippen LogP contribution in [0.4, 0.5) is 0 Å². The molecular weight excluding hydrogens is 342 g/mol. The summed E-state index contributed by atoms with van der Waals surface area (Å²) >= 11 is 0. The Bertz CT molecular complexity index is 810. The molecule has 0 amide bonds. The van der Waals surface area contributed by atoms with Crippen molar-refractivity contribution in [1.29, 1.82) is 0 Å². The van der Waals surface area contributed by atoms with E-state index < -0.39 is 0 Å². The molecule has 5 nitrogen and oxygen atoms in total. The molecule has 2 rings (SSSR count). The van der Waals surface area contributed by atoms with Gasteiger partial charge in [0.05, 0.1) is 19.8 Å². The number of carbonyl (C=O) groups excluding carboxylic acids is 1. The van der Waals surface area contributed by atoms with E-state index in [-0.39, 0.29) is 17.1 Å². The second-order valence-corrected chi connectivity index (χ2v) is 6.13. The van der Waals surface area contributed by atoms with Crippen molar-refractivity contribution in [3.05, 3.63) is 59.2 Å².